The minimum atomic E-state index is -0.868. The molecule has 32 valence electrons. The van der Waals surface area contributed by atoms with E-state index in [-0.39, 0.29) is 0 Å². The summed E-state index contributed by atoms with van der Waals surface area (Å²) in [5.41, 5.74) is 0. The van der Waals surface area contributed by atoms with Crippen LogP contribution in [-0.2, 0) is 0 Å². The third-order valence-corrected chi connectivity index (χ3v) is 0.152. The fourth-order valence-corrected chi connectivity index (χ4v) is 0.0577. The Hall–Kier alpha value is -1.15. The normalized spacial score (nSPS) is 6.00. The van der Waals surface area contributed by atoms with Crippen molar-refractivity contribution in [1.29, 1.82) is 0 Å². The van der Waals surface area contributed by atoms with E-state index in [1.54, 1.807) is 5.87 Å². The second-order valence-corrected chi connectivity index (χ2v) is 0.496. The van der Waals surface area contributed by atoms with Crippen molar-refractivity contribution in [2.75, 3.05) is 0 Å². The van der Waals surface area contributed by atoms with Gasteiger partial charge in [0.15, 0.2) is 5.03 Å². The summed E-state index contributed by atoms with van der Waals surface area (Å²) >= 11 is 0. The molecule has 0 unspecified atom stereocenters. The molecule has 0 saturated heterocycles. The Bertz CT molecular complexity index is 102. The maximum absolute atomic E-state index is 9.14. The van der Waals surface area contributed by atoms with Gasteiger partial charge in [0, 0.05) is 0 Å². The van der Waals surface area contributed by atoms with Crippen LogP contribution in [0, 0.1) is 10.1 Å². The quantitative estimate of drug-likeness (QED) is 0.257. The summed E-state index contributed by atoms with van der Waals surface area (Å²) in [5.74, 6) is 1.74. The minimum absolute atomic E-state index is 0.868. The summed E-state index contributed by atoms with van der Waals surface area (Å²) in [4.78, 5) is 9.14. The van der Waals surface area contributed by atoms with Crippen LogP contribution in [0.5, 0.6) is 0 Å². The molecule has 0 rings (SSSR count). The minimum Gasteiger partial charge on any atom is -0.232 e. The molecule has 0 aliphatic heterocycles. The number of nitro groups is 1. The molecule has 0 amide bonds. The van der Waals surface area contributed by atoms with E-state index in [1.165, 1.54) is 0 Å². The first-order chi connectivity index (χ1) is 2.77. The van der Waals surface area contributed by atoms with Crippen LogP contribution >= 0.6 is 0 Å². The van der Waals surface area contributed by atoms with Crippen LogP contribution in [0.15, 0.2) is 11.7 Å². The van der Waals surface area contributed by atoms with Crippen molar-refractivity contribution in [3.63, 3.8) is 0 Å². The number of hydrazone groups is 1. The van der Waals surface area contributed by atoms with Gasteiger partial charge < -0.3 is 0 Å². The fraction of sp³-hybridized carbons (Fsp3) is 0. The van der Waals surface area contributed by atoms with E-state index in [0.29, 0.717) is 0 Å². The lowest BCUT2D eigenvalue weighted by Crippen LogP contribution is -1.79. The highest BCUT2D eigenvalue weighted by molar-refractivity contribution is 5.45. The predicted octanol–water partition coefficient (Wildman–Crippen LogP) is 0.0338. The summed E-state index contributed by atoms with van der Waals surface area (Å²) in [6.07, 6.45) is 0. The lowest BCUT2D eigenvalue weighted by molar-refractivity contribution is -0.484. The van der Waals surface area contributed by atoms with Crippen molar-refractivity contribution in [1.82, 2.24) is 0 Å². The topological polar surface area (TPSA) is 55.5 Å². The third-order valence-electron chi connectivity index (χ3n) is 0.152. The fourth-order valence-electron chi connectivity index (χ4n) is 0.0577. The van der Waals surface area contributed by atoms with Crippen molar-refractivity contribution >= 4 is 5.87 Å². The molecular weight excluding hydrogens is 84.0 g/mol. The molecule has 0 aliphatic rings. The van der Waals surface area contributed by atoms with Gasteiger partial charge in [0.25, 0.3) is 0 Å². The maximum Gasteiger partial charge on any atom is 0.199 e. The van der Waals surface area contributed by atoms with E-state index in [4.69, 9.17) is 10.1 Å². The average Bonchev–Trinajstić information content (AvgIpc) is 1.35. The zero-order chi connectivity index (χ0) is 4.99. The van der Waals surface area contributed by atoms with Crippen molar-refractivity contribution < 1.29 is 5.03 Å². The van der Waals surface area contributed by atoms with E-state index in [1.807, 2.05) is 0 Å². The van der Waals surface area contributed by atoms with Gasteiger partial charge in [0.05, 0.1) is 5.87 Å². The summed E-state index contributed by atoms with van der Waals surface area (Å²) in [6, 6.07) is 0. The summed E-state index contributed by atoms with van der Waals surface area (Å²) in [6.45, 7) is 2.87. The van der Waals surface area contributed by atoms with Gasteiger partial charge in [-0.1, -0.05) is 0 Å². The molecule has 0 radical (unpaired) electrons. The summed E-state index contributed by atoms with van der Waals surface area (Å²) in [5, 5.41) is 10.8. The highest BCUT2D eigenvalue weighted by Crippen LogP contribution is 1.58. The van der Waals surface area contributed by atoms with Crippen LogP contribution in [0.4, 0.5) is 0 Å². The summed E-state index contributed by atoms with van der Waals surface area (Å²) < 4.78 is 0. The largest absolute Gasteiger partial charge is 0.232 e. The van der Waals surface area contributed by atoms with E-state index in [9.17, 15) is 0 Å². The van der Waals surface area contributed by atoms with Gasteiger partial charge in [-0.15, -0.1) is 0 Å². The Balaban J connectivity index is 3.60. The van der Waals surface area contributed by atoms with Crippen LogP contribution in [0.2, 0.25) is 0 Å². The molecule has 0 saturated carbocycles. The molecule has 0 spiro atoms. The number of hydrogen-bond donors (Lipinski definition) is 0. The molecule has 0 aromatic carbocycles. The number of rotatable bonds is 1. The predicted molar refractivity (Wildman–Crippen MR) is 20.1 cm³/mol. The monoisotopic (exact) mass is 86.0 g/mol. The Morgan fingerprint density at radius 2 is 2.50 bits per heavy atom. The second-order valence-electron chi connectivity index (χ2n) is 0.496. The Morgan fingerprint density at radius 1 is 2.00 bits per heavy atom. The zero-order valence-corrected chi connectivity index (χ0v) is 2.92. The lowest BCUT2D eigenvalue weighted by Gasteiger charge is -1.62. The van der Waals surface area contributed by atoms with Gasteiger partial charge in [-0.25, -0.2) is 10.1 Å². The van der Waals surface area contributed by atoms with E-state index >= 15 is 0 Å². The summed E-state index contributed by atoms with van der Waals surface area (Å²) in [7, 11) is 0. The number of hydrogen-bond acceptors (Lipinski definition) is 2. The lowest BCUT2D eigenvalue weighted by atomic mass is 11.2. The van der Waals surface area contributed by atoms with Gasteiger partial charge in [-0.05, 0) is 6.58 Å². The Labute approximate surface area is 33.9 Å². The molecule has 6 heavy (non-hydrogen) atoms. The van der Waals surface area contributed by atoms with E-state index in [0.717, 1.165) is 0 Å². The SMILES string of the molecule is C=C=N[N+](=O)[O-]. The molecule has 0 heterocycles. The average molecular weight is 86.0 g/mol. The molecule has 0 aromatic heterocycles. The first-order valence-electron chi connectivity index (χ1n) is 1.14. The molecule has 4 nitrogen and oxygen atoms in total. The van der Waals surface area contributed by atoms with Crippen molar-refractivity contribution in [2.24, 2.45) is 5.10 Å². The molecule has 0 N–H and O–H groups in total. The molecule has 0 aliphatic carbocycles. The molecule has 0 atom stereocenters. The highest BCUT2D eigenvalue weighted by Gasteiger charge is 1.74. The van der Waals surface area contributed by atoms with E-state index < -0.39 is 5.03 Å². The van der Waals surface area contributed by atoms with Gasteiger partial charge in [0.2, 0.25) is 0 Å². The van der Waals surface area contributed by atoms with Crippen LogP contribution < -0.4 is 0 Å². The molecule has 0 fully saturated rings. The van der Waals surface area contributed by atoms with E-state index in [2.05, 4.69) is 11.7 Å². The van der Waals surface area contributed by atoms with Gasteiger partial charge in [-0.3, -0.25) is 0 Å². The molecule has 0 bridgehead atoms. The second kappa shape index (κ2) is 2.11. The standard InChI is InChI=1S/C2H2N2O2/c1-2-3-4(5)6/h1H2. The van der Waals surface area contributed by atoms with Crippen LogP contribution in [0.25, 0.3) is 0 Å². The van der Waals surface area contributed by atoms with Crippen molar-refractivity contribution in [3.05, 3.63) is 16.7 Å². The van der Waals surface area contributed by atoms with Crippen LogP contribution in [0.1, 0.15) is 0 Å². The Kier molecular flexibility index (Phi) is 1.71. The number of nitrogens with zero attached hydrogens (tertiary/aromatic N) is 2. The molecule has 4 heteroatoms. The van der Waals surface area contributed by atoms with Gasteiger partial charge >= 0.3 is 0 Å². The highest BCUT2D eigenvalue weighted by atomic mass is 16.7. The first-order valence-corrected chi connectivity index (χ1v) is 1.14. The smallest absolute Gasteiger partial charge is 0.199 e. The zero-order valence-electron chi connectivity index (χ0n) is 2.92. The van der Waals surface area contributed by atoms with Gasteiger partial charge in [0.1, 0.15) is 5.10 Å². The van der Waals surface area contributed by atoms with Gasteiger partial charge in [-0.2, -0.15) is 0 Å². The van der Waals surface area contributed by atoms with Crippen molar-refractivity contribution in [3.8, 4) is 0 Å². The Morgan fingerprint density at radius 3 is 2.50 bits per heavy atom. The maximum atomic E-state index is 9.14. The van der Waals surface area contributed by atoms with Crippen LogP contribution in [0.3, 0.4) is 0 Å². The molecular formula is C2H2N2O2. The third kappa shape index (κ3) is 2.85. The van der Waals surface area contributed by atoms with Crippen molar-refractivity contribution in [2.45, 2.75) is 0 Å². The van der Waals surface area contributed by atoms with Crippen LogP contribution in [-0.4, -0.2) is 10.9 Å². The first kappa shape index (κ1) is 4.85. The molecule has 0 aromatic rings.